The van der Waals surface area contributed by atoms with Crippen LogP contribution in [-0.2, 0) is 0 Å². The van der Waals surface area contributed by atoms with Crippen LogP contribution in [0.1, 0.15) is 32.1 Å². The minimum atomic E-state index is 0.698. The van der Waals surface area contributed by atoms with Gasteiger partial charge in [0, 0.05) is 11.6 Å². The molecule has 1 nitrogen and oxygen atoms in total. The predicted molar refractivity (Wildman–Crippen MR) is 57.7 cm³/mol. The van der Waals surface area contributed by atoms with Gasteiger partial charge in [0.15, 0.2) is 0 Å². The van der Waals surface area contributed by atoms with Crippen molar-refractivity contribution in [2.75, 3.05) is 6.26 Å². The molecule has 0 atom stereocenters. The minimum Gasteiger partial charge on any atom is -0.268 e. The molecule has 0 saturated heterocycles. The van der Waals surface area contributed by atoms with E-state index < -0.39 is 0 Å². The molecular formula is C10H17NS. The second kappa shape index (κ2) is 5.41. The van der Waals surface area contributed by atoms with E-state index in [1.165, 1.54) is 37.8 Å². The van der Waals surface area contributed by atoms with Gasteiger partial charge >= 0.3 is 0 Å². The zero-order chi connectivity index (χ0) is 8.81. The molecule has 0 heterocycles. The van der Waals surface area contributed by atoms with Gasteiger partial charge in [0.05, 0.1) is 0 Å². The zero-order valence-corrected chi connectivity index (χ0v) is 8.57. The lowest BCUT2D eigenvalue weighted by molar-refractivity contribution is 0.401. The summed E-state index contributed by atoms with van der Waals surface area (Å²) in [5.41, 5.74) is 1.21. The highest BCUT2D eigenvalue weighted by molar-refractivity contribution is 8.01. The van der Waals surface area contributed by atoms with Gasteiger partial charge in [-0.25, -0.2) is 0 Å². The molecule has 0 radical (unpaired) electrons. The Morgan fingerprint density at radius 1 is 1.42 bits per heavy atom. The van der Waals surface area contributed by atoms with E-state index in [1.807, 2.05) is 0 Å². The third-order valence-electron chi connectivity index (χ3n) is 2.44. The van der Waals surface area contributed by atoms with Gasteiger partial charge in [-0.05, 0) is 31.2 Å². The Balaban J connectivity index is 2.51. The highest BCUT2D eigenvalue weighted by Crippen LogP contribution is 2.30. The first kappa shape index (κ1) is 9.85. The van der Waals surface area contributed by atoms with Crippen LogP contribution in [0.4, 0.5) is 0 Å². The van der Waals surface area contributed by atoms with Crippen molar-refractivity contribution in [1.82, 2.24) is 0 Å². The summed E-state index contributed by atoms with van der Waals surface area (Å²) in [6.45, 7) is 3.62. The molecule has 0 spiro atoms. The summed E-state index contributed by atoms with van der Waals surface area (Å²) in [6.07, 6.45) is 8.84. The Kier molecular flexibility index (Phi) is 4.44. The van der Waals surface area contributed by atoms with Crippen molar-refractivity contribution in [2.45, 2.75) is 32.1 Å². The second-order valence-corrected chi connectivity index (χ2v) is 3.98. The number of thioether (sulfide) groups is 1. The molecule has 1 aliphatic rings. The monoisotopic (exact) mass is 183 g/mol. The van der Waals surface area contributed by atoms with E-state index in [4.69, 9.17) is 0 Å². The highest BCUT2D eigenvalue weighted by atomic mass is 32.2. The summed E-state index contributed by atoms with van der Waals surface area (Å²) in [5, 5.41) is 2.14. The molecule has 1 fully saturated rings. The van der Waals surface area contributed by atoms with Crippen LogP contribution in [0.25, 0.3) is 0 Å². The van der Waals surface area contributed by atoms with Crippen LogP contribution in [0.3, 0.4) is 0 Å². The largest absolute Gasteiger partial charge is 0.268 e. The van der Waals surface area contributed by atoms with Crippen molar-refractivity contribution in [3.8, 4) is 0 Å². The molecule has 0 aromatic carbocycles. The van der Waals surface area contributed by atoms with E-state index in [2.05, 4.69) is 23.4 Å². The van der Waals surface area contributed by atoms with Gasteiger partial charge in [-0.15, -0.1) is 11.8 Å². The molecule has 0 aromatic heterocycles. The first-order valence-corrected chi connectivity index (χ1v) is 5.87. The van der Waals surface area contributed by atoms with Gasteiger partial charge in [0.25, 0.3) is 0 Å². The highest BCUT2D eigenvalue weighted by Gasteiger charge is 2.16. The normalized spacial score (nSPS) is 20.9. The van der Waals surface area contributed by atoms with Gasteiger partial charge in [-0.2, -0.15) is 0 Å². The summed E-state index contributed by atoms with van der Waals surface area (Å²) < 4.78 is 0. The molecule has 1 aliphatic carbocycles. The molecule has 0 aliphatic heterocycles. The molecule has 0 bridgehead atoms. The van der Waals surface area contributed by atoms with Gasteiger partial charge in [0.1, 0.15) is 0 Å². The molecule has 0 amide bonds. The van der Waals surface area contributed by atoms with Crippen LogP contribution in [0.5, 0.6) is 0 Å². The summed E-state index contributed by atoms with van der Waals surface area (Å²) in [4.78, 5) is 4.09. The summed E-state index contributed by atoms with van der Waals surface area (Å²) >= 11 is 1.73. The first-order chi connectivity index (χ1) is 5.88. The van der Waals surface area contributed by atoms with Crippen LogP contribution >= 0.6 is 11.8 Å². The molecule has 1 saturated carbocycles. The number of rotatable bonds is 3. The predicted octanol–water partition coefficient (Wildman–Crippen LogP) is 3.47. The zero-order valence-electron chi connectivity index (χ0n) is 7.75. The molecule has 0 unspecified atom stereocenters. The van der Waals surface area contributed by atoms with Crippen molar-refractivity contribution in [3.05, 3.63) is 11.1 Å². The standard InChI is InChI=1S/C10H17NS/c1-11-10(8-12-2)9-6-4-3-5-7-9/h8-9H,1,3-7H2,2H3. The second-order valence-electron chi connectivity index (χ2n) is 3.27. The maximum Gasteiger partial charge on any atom is 0.0489 e. The van der Waals surface area contributed by atoms with E-state index in [0.29, 0.717) is 5.92 Å². The lowest BCUT2D eigenvalue weighted by atomic mass is 9.87. The van der Waals surface area contributed by atoms with E-state index >= 15 is 0 Å². The number of allylic oxidation sites excluding steroid dienone is 1. The molecule has 68 valence electrons. The Morgan fingerprint density at radius 2 is 2.08 bits per heavy atom. The van der Waals surface area contributed by atoms with Crippen LogP contribution in [-0.4, -0.2) is 13.0 Å². The van der Waals surface area contributed by atoms with E-state index in [-0.39, 0.29) is 0 Å². The first-order valence-electron chi connectivity index (χ1n) is 4.58. The summed E-state index contributed by atoms with van der Waals surface area (Å²) in [7, 11) is 0. The topological polar surface area (TPSA) is 12.4 Å². The van der Waals surface area contributed by atoms with Crippen molar-refractivity contribution >= 4 is 18.5 Å². The molecule has 2 heteroatoms. The van der Waals surface area contributed by atoms with Crippen LogP contribution < -0.4 is 0 Å². The van der Waals surface area contributed by atoms with Crippen molar-refractivity contribution in [1.29, 1.82) is 0 Å². The van der Waals surface area contributed by atoms with Gasteiger partial charge in [-0.3, -0.25) is 4.99 Å². The van der Waals surface area contributed by atoms with Crippen LogP contribution in [0.2, 0.25) is 0 Å². The third-order valence-corrected chi connectivity index (χ3v) is 2.92. The lowest BCUT2D eigenvalue weighted by Gasteiger charge is -2.21. The third kappa shape index (κ3) is 2.67. The fourth-order valence-electron chi connectivity index (χ4n) is 1.78. The molecular weight excluding hydrogens is 166 g/mol. The maximum atomic E-state index is 4.09. The summed E-state index contributed by atoms with van der Waals surface area (Å²) in [6, 6.07) is 0. The van der Waals surface area contributed by atoms with Gasteiger partial charge < -0.3 is 0 Å². The number of nitrogens with zero attached hydrogens (tertiary/aromatic N) is 1. The molecule has 12 heavy (non-hydrogen) atoms. The van der Waals surface area contributed by atoms with Crippen molar-refractivity contribution in [2.24, 2.45) is 10.9 Å². The van der Waals surface area contributed by atoms with Gasteiger partial charge in [-0.1, -0.05) is 19.3 Å². The van der Waals surface area contributed by atoms with Gasteiger partial charge in [0.2, 0.25) is 0 Å². The Labute approximate surface area is 79.3 Å². The number of hydrogen-bond donors (Lipinski definition) is 0. The Bertz CT molecular complexity index is 169. The Morgan fingerprint density at radius 3 is 2.58 bits per heavy atom. The smallest absolute Gasteiger partial charge is 0.0489 e. The SMILES string of the molecule is C=NC(=CSC)C1CCCCC1. The lowest BCUT2D eigenvalue weighted by Crippen LogP contribution is -2.07. The van der Waals surface area contributed by atoms with Crippen LogP contribution in [0.15, 0.2) is 16.1 Å². The fraction of sp³-hybridized carbons (Fsp3) is 0.700. The maximum absolute atomic E-state index is 4.09. The average Bonchev–Trinajstić information content (AvgIpc) is 2.15. The van der Waals surface area contributed by atoms with Crippen molar-refractivity contribution < 1.29 is 0 Å². The molecule has 0 N–H and O–H groups in total. The van der Waals surface area contributed by atoms with E-state index in [1.54, 1.807) is 11.8 Å². The fourth-order valence-corrected chi connectivity index (χ4v) is 2.29. The van der Waals surface area contributed by atoms with E-state index in [9.17, 15) is 0 Å². The van der Waals surface area contributed by atoms with Crippen LogP contribution in [0, 0.1) is 5.92 Å². The molecule has 1 rings (SSSR count). The summed E-state index contributed by atoms with van der Waals surface area (Å²) in [5.74, 6) is 0.698. The minimum absolute atomic E-state index is 0.698. The van der Waals surface area contributed by atoms with E-state index in [0.717, 1.165) is 0 Å². The number of aliphatic imine (C=N–C) groups is 1. The average molecular weight is 183 g/mol. The molecule has 0 aromatic rings. The Hall–Kier alpha value is -0.240. The quantitative estimate of drug-likeness (QED) is 0.610. The van der Waals surface area contributed by atoms with Crippen molar-refractivity contribution in [3.63, 3.8) is 0 Å². The number of hydrogen-bond acceptors (Lipinski definition) is 2.